The van der Waals surface area contributed by atoms with Crippen LogP contribution in [0, 0.1) is 6.92 Å². The summed E-state index contributed by atoms with van der Waals surface area (Å²) in [4.78, 5) is 11.2. The molecule has 21 heavy (non-hydrogen) atoms. The highest BCUT2D eigenvalue weighted by Crippen LogP contribution is 2.31. The predicted molar refractivity (Wildman–Crippen MR) is 84.8 cm³/mol. The quantitative estimate of drug-likeness (QED) is 0.864. The van der Waals surface area contributed by atoms with Crippen molar-refractivity contribution in [2.45, 2.75) is 26.2 Å². The van der Waals surface area contributed by atoms with Gasteiger partial charge in [0, 0.05) is 24.7 Å². The van der Waals surface area contributed by atoms with E-state index in [0.717, 1.165) is 35.9 Å². The highest BCUT2D eigenvalue weighted by molar-refractivity contribution is 5.70. The summed E-state index contributed by atoms with van der Waals surface area (Å²) >= 11 is 0. The Bertz CT molecular complexity index is 621. The smallest absolute Gasteiger partial charge is 0.132 e. The first-order valence-electron chi connectivity index (χ1n) is 7.50. The van der Waals surface area contributed by atoms with Crippen molar-refractivity contribution < 1.29 is 4.74 Å². The molecule has 3 rings (SSSR count). The lowest BCUT2D eigenvalue weighted by atomic mass is 10.1. The van der Waals surface area contributed by atoms with Gasteiger partial charge in [-0.15, -0.1) is 0 Å². The molecule has 0 bridgehead atoms. The monoisotopic (exact) mass is 283 g/mol. The number of methoxy groups -OCH3 is 1. The molecule has 1 aromatic heterocycles. The van der Waals surface area contributed by atoms with Gasteiger partial charge < -0.3 is 9.64 Å². The van der Waals surface area contributed by atoms with E-state index in [-0.39, 0.29) is 0 Å². The van der Waals surface area contributed by atoms with Crippen LogP contribution in [0.15, 0.2) is 30.6 Å². The summed E-state index contributed by atoms with van der Waals surface area (Å²) in [6, 6.07) is 8.23. The van der Waals surface area contributed by atoms with E-state index in [1.54, 1.807) is 13.4 Å². The van der Waals surface area contributed by atoms with Crippen LogP contribution in [-0.4, -0.2) is 30.2 Å². The average Bonchev–Trinajstić information content (AvgIpc) is 2.56. The molecule has 0 spiro atoms. The lowest BCUT2D eigenvalue weighted by molar-refractivity contribution is 0.416. The minimum absolute atomic E-state index is 0.851. The number of aryl methyl sites for hydroxylation is 1. The average molecular weight is 283 g/mol. The number of anilines is 1. The standard InChI is InChI=1S/C17H21N3O/c1-13-6-7-16(21-2)14(10-13)15-11-17(19-12-18-15)20-8-4-3-5-9-20/h6-7,10-12H,3-5,8-9H2,1-2H3. The van der Waals surface area contributed by atoms with E-state index in [0.29, 0.717) is 0 Å². The van der Waals surface area contributed by atoms with E-state index < -0.39 is 0 Å². The zero-order chi connectivity index (χ0) is 14.7. The topological polar surface area (TPSA) is 38.2 Å². The maximum atomic E-state index is 5.47. The molecule has 0 N–H and O–H groups in total. The van der Waals surface area contributed by atoms with Gasteiger partial charge in [0.2, 0.25) is 0 Å². The predicted octanol–water partition coefficient (Wildman–Crippen LogP) is 3.45. The van der Waals surface area contributed by atoms with E-state index in [1.165, 1.54) is 24.8 Å². The van der Waals surface area contributed by atoms with E-state index in [9.17, 15) is 0 Å². The van der Waals surface area contributed by atoms with Gasteiger partial charge in [-0.3, -0.25) is 0 Å². The van der Waals surface area contributed by atoms with Crippen LogP contribution in [0.2, 0.25) is 0 Å². The number of aromatic nitrogens is 2. The maximum Gasteiger partial charge on any atom is 0.132 e. The molecule has 1 aliphatic heterocycles. The fourth-order valence-electron chi connectivity index (χ4n) is 2.81. The molecule has 1 fully saturated rings. The molecule has 1 aliphatic rings. The summed E-state index contributed by atoms with van der Waals surface area (Å²) in [6.07, 6.45) is 5.46. The summed E-state index contributed by atoms with van der Waals surface area (Å²) in [6.45, 7) is 4.25. The first-order chi connectivity index (χ1) is 10.3. The highest BCUT2D eigenvalue weighted by Gasteiger charge is 2.14. The number of benzene rings is 1. The van der Waals surface area contributed by atoms with E-state index in [2.05, 4.69) is 40.0 Å². The summed E-state index contributed by atoms with van der Waals surface area (Å²) in [5.74, 6) is 1.87. The molecule has 4 heteroatoms. The number of piperidine rings is 1. The Hall–Kier alpha value is -2.10. The first kappa shape index (κ1) is 13.9. The molecule has 2 aromatic rings. The van der Waals surface area contributed by atoms with Crippen molar-refractivity contribution in [1.29, 1.82) is 0 Å². The van der Waals surface area contributed by atoms with Crippen molar-refractivity contribution >= 4 is 5.82 Å². The number of hydrogen-bond donors (Lipinski definition) is 0. The van der Waals surface area contributed by atoms with Gasteiger partial charge in [0.05, 0.1) is 12.8 Å². The molecule has 0 atom stereocenters. The van der Waals surface area contributed by atoms with Gasteiger partial charge in [-0.1, -0.05) is 11.6 Å². The van der Waals surface area contributed by atoms with Crippen LogP contribution in [0.4, 0.5) is 5.82 Å². The van der Waals surface area contributed by atoms with Crippen LogP contribution in [0.5, 0.6) is 5.75 Å². The van der Waals surface area contributed by atoms with Gasteiger partial charge in [0.15, 0.2) is 0 Å². The summed E-state index contributed by atoms with van der Waals surface area (Å²) < 4.78 is 5.47. The lowest BCUT2D eigenvalue weighted by Gasteiger charge is -2.27. The molecule has 2 heterocycles. The van der Waals surface area contributed by atoms with E-state index >= 15 is 0 Å². The van der Waals surface area contributed by atoms with Gasteiger partial charge in [-0.25, -0.2) is 9.97 Å². The van der Waals surface area contributed by atoms with E-state index in [1.807, 2.05) is 6.07 Å². The minimum Gasteiger partial charge on any atom is -0.496 e. The van der Waals surface area contributed by atoms with Crippen molar-refractivity contribution in [3.8, 4) is 17.0 Å². The SMILES string of the molecule is COc1ccc(C)cc1-c1cc(N2CCCCC2)ncn1. The number of hydrogen-bond acceptors (Lipinski definition) is 4. The Morgan fingerprint density at radius 1 is 1.05 bits per heavy atom. The van der Waals surface area contributed by atoms with Gasteiger partial charge >= 0.3 is 0 Å². The molecule has 1 aromatic carbocycles. The highest BCUT2D eigenvalue weighted by atomic mass is 16.5. The Labute approximate surface area is 125 Å². The summed E-state index contributed by atoms with van der Waals surface area (Å²) in [7, 11) is 1.70. The van der Waals surface area contributed by atoms with Crippen molar-refractivity contribution in [3.63, 3.8) is 0 Å². The van der Waals surface area contributed by atoms with Crippen LogP contribution in [0.25, 0.3) is 11.3 Å². The second-order valence-corrected chi connectivity index (χ2v) is 5.51. The van der Waals surface area contributed by atoms with Crippen molar-refractivity contribution in [1.82, 2.24) is 9.97 Å². The van der Waals surface area contributed by atoms with Crippen molar-refractivity contribution in [3.05, 3.63) is 36.2 Å². The van der Waals surface area contributed by atoms with E-state index in [4.69, 9.17) is 4.74 Å². The molecule has 0 saturated carbocycles. The lowest BCUT2D eigenvalue weighted by Crippen LogP contribution is -2.30. The van der Waals surface area contributed by atoms with Gasteiger partial charge in [0.1, 0.15) is 17.9 Å². The van der Waals surface area contributed by atoms with Crippen LogP contribution < -0.4 is 9.64 Å². The second-order valence-electron chi connectivity index (χ2n) is 5.51. The molecular weight excluding hydrogens is 262 g/mol. The Kier molecular flexibility index (Phi) is 4.04. The largest absolute Gasteiger partial charge is 0.496 e. The summed E-state index contributed by atoms with van der Waals surface area (Å²) in [5.41, 5.74) is 3.15. The Balaban J connectivity index is 1.97. The zero-order valence-corrected chi connectivity index (χ0v) is 12.7. The molecule has 0 unspecified atom stereocenters. The third-order valence-electron chi connectivity index (χ3n) is 3.96. The zero-order valence-electron chi connectivity index (χ0n) is 12.7. The van der Waals surface area contributed by atoms with Crippen LogP contribution in [0.1, 0.15) is 24.8 Å². The number of nitrogens with zero attached hydrogens (tertiary/aromatic N) is 3. The molecule has 0 aliphatic carbocycles. The molecule has 110 valence electrons. The number of ether oxygens (including phenoxy) is 1. The van der Waals surface area contributed by atoms with Gasteiger partial charge in [-0.2, -0.15) is 0 Å². The van der Waals surface area contributed by atoms with Crippen LogP contribution in [0.3, 0.4) is 0 Å². The normalized spacial score (nSPS) is 15.0. The van der Waals surface area contributed by atoms with Crippen molar-refractivity contribution in [2.24, 2.45) is 0 Å². The fourth-order valence-corrected chi connectivity index (χ4v) is 2.81. The Morgan fingerprint density at radius 3 is 2.62 bits per heavy atom. The molecule has 0 amide bonds. The molecule has 1 saturated heterocycles. The van der Waals surface area contributed by atoms with Crippen molar-refractivity contribution in [2.75, 3.05) is 25.1 Å². The van der Waals surface area contributed by atoms with Crippen LogP contribution >= 0.6 is 0 Å². The third kappa shape index (κ3) is 2.99. The summed E-state index contributed by atoms with van der Waals surface area (Å²) in [5, 5.41) is 0. The molecule has 0 radical (unpaired) electrons. The minimum atomic E-state index is 0.851. The second kappa shape index (κ2) is 6.12. The first-order valence-corrected chi connectivity index (χ1v) is 7.50. The third-order valence-corrected chi connectivity index (χ3v) is 3.96. The maximum absolute atomic E-state index is 5.47. The van der Waals surface area contributed by atoms with Crippen LogP contribution in [-0.2, 0) is 0 Å². The Morgan fingerprint density at radius 2 is 1.86 bits per heavy atom. The fraction of sp³-hybridized carbons (Fsp3) is 0.412. The molecule has 4 nitrogen and oxygen atoms in total. The van der Waals surface area contributed by atoms with Gasteiger partial charge in [0.25, 0.3) is 0 Å². The molecular formula is C17H21N3O. The number of rotatable bonds is 3. The van der Waals surface area contributed by atoms with Gasteiger partial charge in [-0.05, 0) is 38.3 Å².